The van der Waals surface area contributed by atoms with Gasteiger partial charge in [-0.3, -0.25) is 0 Å². The van der Waals surface area contributed by atoms with E-state index in [0.717, 1.165) is 17.0 Å². The number of nitrogen functional groups attached to an aromatic ring is 1. The molecule has 0 amide bonds. The van der Waals surface area contributed by atoms with Crippen molar-refractivity contribution in [3.8, 4) is 6.07 Å². The summed E-state index contributed by atoms with van der Waals surface area (Å²) in [7, 11) is 0. The number of anilines is 1. The van der Waals surface area contributed by atoms with E-state index in [1.54, 1.807) is 18.2 Å². The van der Waals surface area contributed by atoms with Gasteiger partial charge in [0.05, 0.1) is 11.6 Å². The van der Waals surface area contributed by atoms with Gasteiger partial charge in [0.15, 0.2) is 5.16 Å². The molecule has 2 aromatic rings. The van der Waals surface area contributed by atoms with Crippen LogP contribution in [0.5, 0.6) is 0 Å². The molecular formula is C13H12N4S. The first kappa shape index (κ1) is 12.4. The molecule has 2 N–H and O–H groups in total. The van der Waals surface area contributed by atoms with Gasteiger partial charge in [-0.2, -0.15) is 5.26 Å². The molecule has 0 aliphatic carbocycles. The number of nitrogens with two attached hydrogens (primary N) is 1. The highest BCUT2D eigenvalue weighted by Gasteiger charge is 2.02. The first-order valence-electron chi connectivity index (χ1n) is 5.40. The minimum absolute atomic E-state index is 0.491. The number of benzene rings is 1. The Morgan fingerprint density at radius 2 is 2.00 bits per heavy atom. The third-order valence-electron chi connectivity index (χ3n) is 2.30. The highest BCUT2D eigenvalue weighted by atomic mass is 32.2. The van der Waals surface area contributed by atoms with E-state index in [4.69, 9.17) is 11.0 Å². The van der Waals surface area contributed by atoms with Crippen molar-refractivity contribution in [1.29, 1.82) is 5.26 Å². The molecule has 0 saturated carbocycles. The molecule has 2 rings (SSSR count). The van der Waals surface area contributed by atoms with Crippen LogP contribution in [0.4, 0.5) is 5.82 Å². The number of rotatable bonds is 3. The summed E-state index contributed by atoms with van der Waals surface area (Å²) in [6.45, 7) is 1.89. The van der Waals surface area contributed by atoms with Crippen LogP contribution in [0.25, 0.3) is 0 Å². The molecule has 1 aromatic carbocycles. The number of nitrogens with zero attached hydrogens (tertiary/aromatic N) is 3. The Balaban J connectivity index is 2.04. The van der Waals surface area contributed by atoms with Gasteiger partial charge in [0.2, 0.25) is 0 Å². The lowest BCUT2D eigenvalue weighted by atomic mass is 10.2. The van der Waals surface area contributed by atoms with Crippen molar-refractivity contribution in [2.45, 2.75) is 17.8 Å². The lowest BCUT2D eigenvalue weighted by Gasteiger charge is -2.03. The number of hydrogen-bond donors (Lipinski definition) is 1. The number of aryl methyl sites for hydroxylation is 1. The number of thioether (sulfide) groups is 1. The van der Waals surface area contributed by atoms with Gasteiger partial charge in [-0.15, -0.1) is 0 Å². The molecule has 18 heavy (non-hydrogen) atoms. The molecule has 0 bridgehead atoms. The van der Waals surface area contributed by atoms with Crippen LogP contribution in [-0.2, 0) is 5.75 Å². The summed E-state index contributed by atoms with van der Waals surface area (Å²) in [6, 6.07) is 11.3. The Bertz CT molecular complexity index is 567. The van der Waals surface area contributed by atoms with E-state index in [-0.39, 0.29) is 0 Å². The van der Waals surface area contributed by atoms with Crippen LogP contribution >= 0.6 is 11.8 Å². The summed E-state index contributed by atoms with van der Waals surface area (Å²) in [4.78, 5) is 8.46. The van der Waals surface area contributed by atoms with Crippen molar-refractivity contribution < 1.29 is 0 Å². The van der Waals surface area contributed by atoms with Crippen molar-refractivity contribution >= 4 is 17.6 Å². The molecule has 4 nitrogen and oxygen atoms in total. The average molecular weight is 256 g/mol. The molecule has 1 heterocycles. The second-order valence-corrected chi connectivity index (χ2v) is 4.76. The second kappa shape index (κ2) is 5.52. The second-order valence-electron chi connectivity index (χ2n) is 3.81. The van der Waals surface area contributed by atoms with Gasteiger partial charge in [-0.1, -0.05) is 23.9 Å². The summed E-state index contributed by atoms with van der Waals surface area (Å²) in [6.07, 6.45) is 0. The van der Waals surface area contributed by atoms with Crippen LogP contribution in [0.3, 0.4) is 0 Å². The number of nitriles is 1. The fourth-order valence-electron chi connectivity index (χ4n) is 1.45. The van der Waals surface area contributed by atoms with Crippen LogP contribution in [-0.4, -0.2) is 9.97 Å². The summed E-state index contributed by atoms with van der Waals surface area (Å²) < 4.78 is 0. The van der Waals surface area contributed by atoms with Crippen molar-refractivity contribution in [1.82, 2.24) is 9.97 Å². The molecule has 1 aromatic heterocycles. The third kappa shape index (κ3) is 3.22. The molecule has 0 unspecified atom stereocenters. The quantitative estimate of drug-likeness (QED) is 0.674. The zero-order chi connectivity index (χ0) is 13.0. The standard InChI is InChI=1S/C13H12N4S/c1-9-6-12(15)17-13(16-9)18-8-11-4-2-10(7-14)3-5-11/h2-6H,8H2,1H3,(H2,15,16,17). The highest BCUT2D eigenvalue weighted by molar-refractivity contribution is 7.98. The lowest BCUT2D eigenvalue weighted by molar-refractivity contribution is 0.940. The summed E-state index contributed by atoms with van der Waals surface area (Å²) in [5, 5.41) is 9.39. The molecule has 0 fully saturated rings. The normalized spacial score (nSPS) is 10.0. The fourth-order valence-corrected chi connectivity index (χ4v) is 2.32. The summed E-state index contributed by atoms with van der Waals surface area (Å²) in [5.74, 6) is 1.25. The van der Waals surface area contributed by atoms with Crippen molar-refractivity contribution in [2.75, 3.05) is 5.73 Å². The Morgan fingerprint density at radius 1 is 1.28 bits per heavy atom. The Morgan fingerprint density at radius 3 is 2.61 bits per heavy atom. The van der Waals surface area contributed by atoms with E-state index >= 15 is 0 Å². The van der Waals surface area contributed by atoms with E-state index in [1.807, 2.05) is 19.1 Å². The third-order valence-corrected chi connectivity index (χ3v) is 3.22. The van der Waals surface area contributed by atoms with E-state index in [1.165, 1.54) is 11.8 Å². The maximum Gasteiger partial charge on any atom is 0.190 e. The zero-order valence-electron chi connectivity index (χ0n) is 9.92. The maximum absolute atomic E-state index is 8.71. The lowest BCUT2D eigenvalue weighted by Crippen LogP contribution is -1.96. The van der Waals surface area contributed by atoms with Gasteiger partial charge in [-0.25, -0.2) is 9.97 Å². The largest absolute Gasteiger partial charge is 0.384 e. The van der Waals surface area contributed by atoms with Crippen LogP contribution in [0, 0.1) is 18.3 Å². The molecular weight excluding hydrogens is 244 g/mol. The molecule has 0 atom stereocenters. The van der Waals surface area contributed by atoms with Gasteiger partial charge in [0.1, 0.15) is 5.82 Å². The average Bonchev–Trinajstić information content (AvgIpc) is 2.36. The van der Waals surface area contributed by atoms with Gasteiger partial charge in [0.25, 0.3) is 0 Å². The predicted molar refractivity (Wildman–Crippen MR) is 71.9 cm³/mol. The van der Waals surface area contributed by atoms with Gasteiger partial charge in [0, 0.05) is 17.5 Å². The number of aromatic nitrogens is 2. The molecule has 0 saturated heterocycles. The first-order valence-corrected chi connectivity index (χ1v) is 6.39. The molecule has 0 aliphatic rings. The molecule has 0 aliphatic heterocycles. The van der Waals surface area contributed by atoms with E-state index in [9.17, 15) is 0 Å². The van der Waals surface area contributed by atoms with Gasteiger partial charge < -0.3 is 5.73 Å². The Kier molecular flexibility index (Phi) is 3.80. The van der Waals surface area contributed by atoms with Crippen molar-refractivity contribution in [3.63, 3.8) is 0 Å². The van der Waals surface area contributed by atoms with E-state index in [2.05, 4.69) is 16.0 Å². The minimum atomic E-state index is 0.491. The summed E-state index contributed by atoms with van der Waals surface area (Å²) >= 11 is 1.53. The summed E-state index contributed by atoms with van der Waals surface area (Å²) in [5.41, 5.74) is 8.33. The molecule has 5 heteroatoms. The maximum atomic E-state index is 8.71. The molecule has 0 spiro atoms. The van der Waals surface area contributed by atoms with Gasteiger partial charge >= 0.3 is 0 Å². The Labute approximate surface area is 110 Å². The molecule has 0 radical (unpaired) electrons. The molecule has 90 valence electrons. The van der Waals surface area contributed by atoms with Crippen LogP contribution in [0.1, 0.15) is 16.8 Å². The van der Waals surface area contributed by atoms with Crippen molar-refractivity contribution in [2.24, 2.45) is 0 Å². The number of hydrogen-bond acceptors (Lipinski definition) is 5. The van der Waals surface area contributed by atoms with E-state index in [0.29, 0.717) is 16.5 Å². The SMILES string of the molecule is Cc1cc(N)nc(SCc2ccc(C#N)cc2)n1. The van der Waals surface area contributed by atoms with Crippen LogP contribution < -0.4 is 5.73 Å². The predicted octanol–water partition coefficient (Wildman–Crippen LogP) is 2.53. The topological polar surface area (TPSA) is 75.6 Å². The van der Waals surface area contributed by atoms with Crippen LogP contribution in [0.2, 0.25) is 0 Å². The first-order chi connectivity index (χ1) is 8.67. The smallest absolute Gasteiger partial charge is 0.190 e. The monoisotopic (exact) mass is 256 g/mol. The zero-order valence-corrected chi connectivity index (χ0v) is 10.7. The van der Waals surface area contributed by atoms with Gasteiger partial charge in [-0.05, 0) is 24.6 Å². The van der Waals surface area contributed by atoms with Crippen molar-refractivity contribution in [3.05, 3.63) is 47.2 Å². The minimum Gasteiger partial charge on any atom is -0.384 e. The van der Waals surface area contributed by atoms with Crippen LogP contribution in [0.15, 0.2) is 35.5 Å². The van der Waals surface area contributed by atoms with E-state index < -0.39 is 0 Å². The Hall–Kier alpha value is -2.06. The fraction of sp³-hybridized carbons (Fsp3) is 0.154. The highest BCUT2D eigenvalue weighted by Crippen LogP contribution is 2.20.